The van der Waals surface area contributed by atoms with E-state index in [0.29, 0.717) is 16.8 Å². The molecule has 5 nitrogen and oxygen atoms in total. The minimum atomic E-state index is -4.42. The van der Waals surface area contributed by atoms with Gasteiger partial charge in [-0.1, -0.05) is 12.1 Å². The Bertz CT molecular complexity index is 1010. The molecule has 3 aromatic rings. The molecule has 0 aliphatic carbocycles. The molecule has 0 atom stereocenters. The first-order valence-corrected chi connectivity index (χ1v) is 8.43. The molecule has 0 saturated carbocycles. The van der Waals surface area contributed by atoms with Gasteiger partial charge >= 0.3 is 6.18 Å². The third-order valence-corrected chi connectivity index (χ3v) is 4.79. The molecule has 0 spiro atoms. The van der Waals surface area contributed by atoms with Crippen LogP contribution < -0.4 is 10.9 Å². The number of aromatic nitrogens is 3. The summed E-state index contributed by atoms with van der Waals surface area (Å²) in [6.07, 6.45) is -1.15. The van der Waals surface area contributed by atoms with Crippen LogP contribution in [0.4, 0.5) is 13.2 Å². The van der Waals surface area contributed by atoms with Crippen LogP contribution in [0.15, 0.2) is 41.3 Å². The maximum Gasteiger partial charge on any atom is 0.416 e. The molecule has 9 heteroatoms. The summed E-state index contributed by atoms with van der Waals surface area (Å²) in [4.78, 5) is 14.9. The predicted molar refractivity (Wildman–Crippen MR) is 98.3 cm³/mol. The molecule has 1 saturated heterocycles. The van der Waals surface area contributed by atoms with E-state index in [1.807, 2.05) is 0 Å². The standard InChI is InChI=1S/C18H17F3N4O.ClH/c19-18(20,21)13-3-1-2-12(8-13)14-10-23-25-15(9-16(26)24-17(14)25)11-4-6-22-7-5-11;/h1-3,8-11,22H,4-7H2,(H,24,26);1H. The second-order valence-corrected chi connectivity index (χ2v) is 6.48. The van der Waals surface area contributed by atoms with E-state index in [1.54, 1.807) is 10.6 Å². The van der Waals surface area contributed by atoms with Crippen molar-refractivity contribution < 1.29 is 13.2 Å². The number of aromatic amines is 1. The molecule has 0 amide bonds. The number of alkyl halides is 3. The summed E-state index contributed by atoms with van der Waals surface area (Å²) in [5.41, 5.74) is 1.05. The first-order chi connectivity index (χ1) is 12.4. The molecule has 1 fully saturated rings. The number of hydrogen-bond donors (Lipinski definition) is 2. The van der Waals surface area contributed by atoms with Crippen LogP contribution in [0.3, 0.4) is 0 Å². The number of nitrogens with zero attached hydrogens (tertiary/aromatic N) is 2. The second kappa shape index (κ2) is 7.36. The Morgan fingerprint density at radius 2 is 1.89 bits per heavy atom. The highest BCUT2D eigenvalue weighted by atomic mass is 35.5. The molecule has 3 heterocycles. The summed E-state index contributed by atoms with van der Waals surface area (Å²) < 4.78 is 40.7. The Labute approximate surface area is 159 Å². The molecule has 144 valence electrons. The Kier molecular flexibility index (Phi) is 5.30. The molecule has 1 aromatic carbocycles. The van der Waals surface area contributed by atoms with Crippen molar-refractivity contribution in [2.24, 2.45) is 0 Å². The lowest BCUT2D eigenvalue weighted by Crippen LogP contribution is -2.28. The maximum absolute atomic E-state index is 13.0. The van der Waals surface area contributed by atoms with Crippen LogP contribution in [0.5, 0.6) is 0 Å². The number of piperidine rings is 1. The van der Waals surface area contributed by atoms with Crippen molar-refractivity contribution in [3.8, 4) is 11.1 Å². The SMILES string of the molecule is Cl.O=c1cc(C2CCNCC2)n2ncc(-c3cccc(C(F)(F)F)c3)c2[nH]1. The molecular weight excluding hydrogens is 381 g/mol. The quantitative estimate of drug-likeness (QED) is 0.693. The second-order valence-electron chi connectivity index (χ2n) is 6.48. The Morgan fingerprint density at radius 3 is 2.59 bits per heavy atom. The molecule has 27 heavy (non-hydrogen) atoms. The van der Waals surface area contributed by atoms with Crippen LogP contribution in [-0.4, -0.2) is 27.7 Å². The van der Waals surface area contributed by atoms with E-state index in [2.05, 4.69) is 15.4 Å². The van der Waals surface area contributed by atoms with E-state index in [1.165, 1.54) is 18.3 Å². The average Bonchev–Trinajstić information content (AvgIpc) is 3.05. The summed E-state index contributed by atoms with van der Waals surface area (Å²) in [5.74, 6) is 0.190. The Hall–Kier alpha value is -2.32. The van der Waals surface area contributed by atoms with Gasteiger partial charge in [-0.3, -0.25) is 4.79 Å². The van der Waals surface area contributed by atoms with Crippen molar-refractivity contribution in [3.05, 3.63) is 58.1 Å². The van der Waals surface area contributed by atoms with Crippen molar-refractivity contribution >= 4 is 18.1 Å². The highest BCUT2D eigenvalue weighted by molar-refractivity contribution is 5.85. The van der Waals surface area contributed by atoms with Gasteiger partial charge in [0.15, 0.2) is 0 Å². The van der Waals surface area contributed by atoms with Crippen LogP contribution in [-0.2, 0) is 6.18 Å². The van der Waals surface area contributed by atoms with E-state index in [4.69, 9.17) is 0 Å². The summed E-state index contributed by atoms with van der Waals surface area (Å²) in [6, 6.07) is 6.58. The van der Waals surface area contributed by atoms with Crippen molar-refractivity contribution in [2.45, 2.75) is 24.9 Å². The number of rotatable bonds is 2. The van der Waals surface area contributed by atoms with Gasteiger partial charge in [0, 0.05) is 17.5 Å². The minimum Gasteiger partial charge on any atom is -0.317 e. The van der Waals surface area contributed by atoms with Gasteiger partial charge in [-0.2, -0.15) is 18.3 Å². The van der Waals surface area contributed by atoms with Gasteiger partial charge in [0.25, 0.3) is 5.56 Å². The summed E-state index contributed by atoms with van der Waals surface area (Å²) in [7, 11) is 0. The number of fused-ring (bicyclic) bond motifs is 1. The van der Waals surface area contributed by atoms with Crippen LogP contribution in [0.2, 0.25) is 0 Å². The molecule has 0 unspecified atom stereocenters. The van der Waals surface area contributed by atoms with Crippen LogP contribution in [0.1, 0.15) is 30.0 Å². The molecular formula is C18H18ClF3N4O. The smallest absolute Gasteiger partial charge is 0.317 e. The summed E-state index contributed by atoms with van der Waals surface area (Å²) in [6.45, 7) is 1.72. The third kappa shape index (κ3) is 3.72. The predicted octanol–water partition coefficient (Wildman–Crippen LogP) is 3.60. The zero-order chi connectivity index (χ0) is 18.3. The van der Waals surface area contributed by atoms with E-state index in [9.17, 15) is 18.0 Å². The number of halogens is 4. The number of hydrogen-bond acceptors (Lipinski definition) is 3. The zero-order valence-electron chi connectivity index (χ0n) is 14.2. The first-order valence-electron chi connectivity index (χ1n) is 8.43. The van der Waals surface area contributed by atoms with Gasteiger partial charge in [-0.25, -0.2) is 4.52 Å². The summed E-state index contributed by atoms with van der Waals surface area (Å²) in [5, 5.41) is 7.62. The van der Waals surface area contributed by atoms with E-state index in [0.717, 1.165) is 43.8 Å². The Balaban J connectivity index is 0.00000210. The minimum absolute atomic E-state index is 0. The largest absolute Gasteiger partial charge is 0.416 e. The van der Waals surface area contributed by atoms with Crippen molar-refractivity contribution in [2.75, 3.05) is 13.1 Å². The van der Waals surface area contributed by atoms with Gasteiger partial charge in [0.1, 0.15) is 5.65 Å². The third-order valence-electron chi connectivity index (χ3n) is 4.79. The zero-order valence-corrected chi connectivity index (χ0v) is 15.0. The highest BCUT2D eigenvalue weighted by Gasteiger charge is 2.30. The van der Waals surface area contributed by atoms with Crippen molar-refractivity contribution in [1.82, 2.24) is 19.9 Å². The molecule has 1 aliphatic rings. The van der Waals surface area contributed by atoms with E-state index >= 15 is 0 Å². The van der Waals surface area contributed by atoms with E-state index < -0.39 is 11.7 Å². The lowest BCUT2D eigenvalue weighted by Gasteiger charge is -2.23. The molecule has 2 aromatic heterocycles. The van der Waals surface area contributed by atoms with E-state index in [-0.39, 0.29) is 23.9 Å². The molecule has 0 bridgehead atoms. The van der Waals surface area contributed by atoms with Crippen LogP contribution >= 0.6 is 12.4 Å². The fraction of sp³-hybridized carbons (Fsp3) is 0.333. The van der Waals surface area contributed by atoms with Gasteiger partial charge < -0.3 is 10.3 Å². The molecule has 0 radical (unpaired) electrons. The van der Waals surface area contributed by atoms with Gasteiger partial charge in [0.2, 0.25) is 0 Å². The monoisotopic (exact) mass is 398 g/mol. The summed E-state index contributed by atoms with van der Waals surface area (Å²) >= 11 is 0. The molecule has 4 rings (SSSR count). The van der Waals surface area contributed by atoms with Crippen LogP contribution in [0, 0.1) is 0 Å². The highest BCUT2D eigenvalue weighted by Crippen LogP contribution is 2.33. The normalized spacial score (nSPS) is 15.7. The van der Waals surface area contributed by atoms with Gasteiger partial charge in [-0.05, 0) is 43.6 Å². The van der Waals surface area contributed by atoms with Crippen LogP contribution in [0.25, 0.3) is 16.8 Å². The lowest BCUT2D eigenvalue weighted by atomic mass is 9.94. The number of benzene rings is 1. The first kappa shape index (κ1) is 19.4. The number of H-pyrrole nitrogens is 1. The molecule has 2 N–H and O–H groups in total. The lowest BCUT2D eigenvalue weighted by molar-refractivity contribution is -0.137. The van der Waals surface area contributed by atoms with Gasteiger partial charge in [0.05, 0.1) is 17.5 Å². The maximum atomic E-state index is 13.0. The Morgan fingerprint density at radius 1 is 1.15 bits per heavy atom. The van der Waals surface area contributed by atoms with Crippen molar-refractivity contribution in [1.29, 1.82) is 0 Å². The fourth-order valence-corrected chi connectivity index (χ4v) is 3.50. The fourth-order valence-electron chi connectivity index (χ4n) is 3.50. The van der Waals surface area contributed by atoms with Crippen molar-refractivity contribution in [3.63, 3.8) is 0 Å². The average molecular weight is 399 g/mol. The number of nitrogens with one attached hydrogen (secondary N) is 2. The topological polar surface area (TPSA) is 62.2 Å². The molecule has 1 aliphatic heterocycles. The van der Waals surface area contributed by atoms with Gasteiger partial charge in [-0.15, -0.1) is 12.4 Å².